The largest absolute Gasteiger partial charge is 0.310 e. The van der Waals surface area contributed by atoms with Crippen LogP contribution in [-0.2, 0) is 0 Å². The van der Waals surface area contributed by atoms with Crippen LogP contribution in [0, 0.1) is 0 Å². The Morgan fingerprint density at radius 3 is 1.45 bits per heavy atom. The van der Waals surface area contributed by atoms with Crippen molar-refractivity contribution in [3.63, 3.8) is 0 Å². The second-order valence-corrected chi connectivity index (χ2v) is 15.0. The number of anilines is 3. The highest BCUT2D eigenvalue weighted by Crippen LogP contribution is 2.41. The molecular formula is C56H38N2. The second-order valence-electron chi connectivity index (χ2n) is 15.0. The van der Waals surface area contributed by atoms with Gasteiger partial charge in [-0.3, -0.25) is 0 Å². The lowest BCUT2D eigenvalue weighted by atomic mass is 9.93. The summed E-state index contributed by atoms with van der Waals surface area (Å²) in [7, 11) is 0. The number of fused-ring (bicyclic) bond motifs is 6. The molecule has 0 fully saturated rings. The third-order valence-corrected chi connectivity index (χ3v) is 11.5. The molecule has 11 rings (SSSR count). The molecule has 0 atom stereocenters. The third kappa shape index (κ3) is 5.82. The lowest BCUT2D eigenvalue weighted by molar-refractivity contribution is 1.18. The Kier molecular flexibility index (Phi) is 8.19. The molecule has 0 N–H and O–H groups in total. The molecule has 0 spiro atoms. The summed E-state index contributed by atoms with van der Waals surface area (Å²) in [6, 6.07) is 83.7. The van der Waals surface area contributed by atoms with Crippen molar-refractivity contribution in [2.24, 2.45) is 0 Å². The molecule has 1 heterocycles. The van der Waals surface area contributed by atoms with Gasteiger partial charge in [0.2, 0.25) is 0 Å². The van der Waals surface area contributed by atoms with Crippen LogP contribution in [0.3, 0.4) is 0 Å². The minimum absolute atomic E-state index is 1.09. The Morgan fingerprint density at radius 1 is 0.276 bits per heavy atom. The van der Waals surface area contributed by atoms with Gasteiger partial charge in [0.05, 0.1) is 11.0 Å². The number of para-hydroxylation sites is 2. The number of hydrogen-bond acceptors (Lipinski definition) is 1. The van der Waals surface area contributed by atoms with Crippen LogP contribution in [-0.4, -0.2) is 4.57 Å². The monoisotopic (exact) mass is 738 g/mol. The van der Waals surface area contributed by atoms with Gasteiger partial charge in [-0.2, -0.15) is 0 Å². The van der Waals surface area contributed by atoms with Crippen LogP contribution in [0.1, 0.15) is 0 Å². The summed E-state index contributed by atoms with van der Waals surface area (Å²) in [5.74, 6) is 0. The van der Waals surface area contributed by atoms with E-state index in [0.29, 0.717) is 0 Å². The van der Waals surface area contributed by atoms with E-state index in [2.05, 4.69) is 240 Å². The fourth-order valence-electron chi connectivity index (χ4n) is 8.84. The van der Waals surface area contributed by atoms with Crippen molar-refractivity contribution in [2.75, 3.05) is 4.90 Å². The standard InChI is InChI=1S/C56H38N2/c1-2-15-39(16-3-1)41-18-12-21-46(35-41)57(45-33-31-40(32-34-45)54-38-44-17-4-5-24-49(44)50-25-6-7-26-51(50)54)47-22-13-19-42(36-47)43-20-14-23-48(37-43)58-55-29-10-8-27-52(55)53-28-9-11-30-56(53)58/h1-38H. The van der Waals surface area contributed by atoms with Gasteiger partial charge in [0, 0.05) is 33.5 Å². The molecule has 0 radical (unpaired) electrons. The van der Waals surface area contributed by atoms with Crippen molar-refractivity contribution in [3.05, 3.63) is 231 Å². The average Bonchev–Trinajstić information content (AvgIpc) is 3.64. The first-order chi connectivity index (χ1) is 28.8. The van der Waals surface area contributed by atoms with Crippen molar-refractivity contribution >= 4 is 60.4 Å². The lowest BCUT2D eigenvalue weighted by Crippen LogP contribution is -2.10. The van der Waals surface area contributed by atoms with Crippen LogP contribution in [0.2, 0.25) is 0 Å². The topological polar surface area (TPSA) is 8.17 Å². The highest BCUT2D eigenvalue weighted by atomic mass is 15.1. The van der Waals surface area contributed by atoms with E-state index < -0.39 is 0 Å². The van der Waals surface area contributed by atoms with E-state index in [1.54, 1.807) is 0 Å². The highest BCUT2D eigenvalue weighted by molar-refractivity contribution is 6.14. The summed E-state index contributed by atoms with van der Waals surface area (Å²) in [4.78, 5) is 2.38. The fourth-order valence-corrected chi connectivity index (χ4v) is 8.84. The van der Waals surface area contributed by atoms with E-state index in [1.165, 1.54) is 65.6 Å². The van der Waals surface area contributed by atoms with Gasteiger partial charge in [-0.15, -0.1) is 0 Å². The zero-order valence-corrected chi connectivity index (χ0v) is 31.8. The Bertz CT molecular complexity index is 3230. The zero-order chi connectivity index (χ0) is 38.4. The van der Waals surface area contributed by atoms with Gasteiger partial charge in [-0.25, -0.2) is 0 Å². The summed E-state index contributed by atoms with van der Waals surface area (Å²) in [5, 5.41) is 7.59. The third-order valence-electron chi connectivity index (χ3n) is 11.5. The minimum Gasteiger partial charge on any atom is -0.310 e. The molecule has 2 nitrogen and oxygen atoms in total. The molecule has 0 aliphatic carbocycles. The van der Waals surface area contributed by atoms with Crippen LogP contribution >= 0.6 is 0 Å². The van der Waals surface area contributed by atoms with E-state index in [1.807, 2.05) is 0 Å². The molecule has 58 heavy (non-hydrogen) atoms. The maximum Gasteiger partial charge on any atom is 0.0541 e. The number of rotatable bonds is 7. The fraction of sp³-hybridized carbons (Fsp3) is 0. The van der Waals surface area contributed by atoms with Gasteiger partial charge in [-0.05, 0) is 122 Å². The first-order valence-corrected chi connectivity index (χ1v) is 19.9. The molecule has 0 amide bonds. The van der Waals surface area contributed by atoms with Gasteiger partial charge < -0.3 is 9.47 Å². The Labute approximate surface area is 338 Å². The smallest absolute Gasteiger partial charge is 0.0541 e. The van der Waals surface area contributed by atoms with Crippen molar-refractivity contribution in [2.45, 2.75) is 0 Å². The molecule has 0 aliphatic heterocycles. The summed E-state index contributed by atoms with van der Waals surface area (Å²) in [6.45, 7) is 0. The number of nitrogens with zero attached hydrogens (tertiary/aromatic N) is 2. The number of aromatic nitrogens is 1. The summed E-state index contributed by atoms with van der Waals surface area (Å²) < 4.78 is 2.39. The van der Waals surface area contributed by atoms with Gasteiger partial charge in [0.15, 0.2) is 0 Å². The Hall–Kier alpha value is -7.68. The summed E-state index contributed by atoms with van der Waals surface area (Å²) in [5.41, 5.74) is 14.0. The highest BCUT2D eigenvalue weighted by Gasteiger charge is 2.17. The van der Waals surface area contributed by atoms with Crippen molar-refractivity contribution in [3.8, 4) is 39.1 Å². The summed E-state index contributed by atoms with van der Waals surface area (Å²) in [6.07, 6.45) is 0. The molecule has 1 aromatic heterocycles. The van der Waals surface area contributed by atoms with Crippen LogP contribution < -0.4 is 4.90 Å². The Morgan fingerprint density at radius 2 is 0.776 bits per heavy atom. The molecule has 0 aliphatic rings. The van der Waals surface area contributed by atoms with Crippen LogP contribution in [0.5, 0.6) is 0 Å². The summed E-state index contributed by atoms with van der Waals surface area (Å²) >= 11 is 0. The first kappa shape index (κ1) is 33.6. The molecule has 0 saturated carbocycles. The van der Waals surface area contributed by atoms with E-state index in [-0.39, 0.29) is 0 Å². The van der Waals surface area contributed by atoms with Crippen LogP contribution in [0.25, 0.3) is 82.4 Å². The van der Waals surface area contributed by atoms with Gasteiger partial charge in [0.25, 0.3) is 0 Å². The Balaban J connectivity index is 1.04. The predicted octanol–water partition coefficient (Wildman–Crippen LogP) is 15.6. The van der Waals surface area contributed by atoms with Crippen LogP contribution in [0.15, 0.2) is 231 Å². The molecule has 0 unspecified atom stereocenters. The second kappa shape index (κ2) is 14.1. The average molecular weight is 739 g/mol. The van der Waals surface area contributed by atoms with E-state index >= 15 is 0 Å². The quantitative estimate of drug-likeness (QED) is 0.148. The lowest BCUT2D eigenvalue weighted by Gasteiger charge is -2.27. The predicted molar refractivity (Wildman–Crippen MR) is 247 cm³/mol. The molecule has 0 saturated heterocycles. The maximum absolute atomic E-state index is 2.39. The van der Waals surface area contributed by atoms with E-state index in [0.717, 1.165) is 33.9 Å². The minimum atomic E-state index is 1.09. The number of benzene rings is 10. The zero-order valence-electron chi connectivity index (χ0n) is 31.8. The van der Waals surface area contributed by atoms with Crippen molar-refractivity contribution in [1.82, 2.24) is 4.57 Å². The molecule has 10 aromatic carbocycles. The van der Waals surface area contributed by atoms with E-state index in [4.69, 9.17) is 0 Å². The molecule has 11 aromatic rings. The molecular weight excluding hydrogens is 701 g/mol. The molecule has 272 valence electrons. The van der Waals surface area contributed by atoms with Gasteiger partial charge >= 0.3 is 0 Å². The molecule has 0 bridgehead atoms. The number of hydrogen-bond donors (Lipinski definition) is 0. The van der Waals surface area contributed by atoms with E-state index in [9.17, 15) is 0 Å². The van der Waals surface area contributed by atoms with Crippen molar-refractivity contribution in [1.29, 1.82) is 0 Å². The van der Waals surface area contributed by atoms with Gasteiger partial charge in [-0.1, -0.05) is 164 Å². The van der Waals surface area contributed by atoms with Crippen molar-refractivity contribution < 1.29 is 0 Å². The SMILES string of the molecule is c1ccc(-c2cccc(N(c3ccc(-c4cc5ccccc5c5ccccc45)cc3)c3cccc(-c4cccc(-n5c6ccccc6c6ccccc65)c4)c3)c2)cc1. The van der Waals surface area contributed by atoms with Crippen LogP contribution in [0.4, 0.5) is 17.1 Å². The first-order valence-electron chi connectivity index (χ1n) is 19.9. The molecule has 2 heteroatoms. The maximum atomic E-state index is 2.39. The van der Waals surface area contributed by atoms with Gasteiger partial charge in [0.1, 0.15) is 0 Å². The normalized spacial score (nSPS) is 11.4.